The lowest BCUT2D eigenvalue weighted by Gasteiger charge is -2.23. The van der Waals surface area contributed by atoms with E-state index in [0.29, 0.717) is 0 Å². The first-order chi connectivity index (χ1) is 25.8. The van der Waals surface area contributed by atoms with Crippen molar-refractivity contribution >= 4 is 64.6 Å². The van der Waals surface area contributed by atoms with E-state index in [1.165, 1.54) is 109 Å². The molecule has 0 radical (unpaired) electrons. The van der Waals surface area contributed by atoms with Crippen molar-refractivity contribution in [3.8, 4) is 44.5 Å². The summed E-state index contributed by atoms with van der Waals surface area (Å²) in [7, 11) is 0. The average Bonchev–Trinajstić information content (AvgIpc) is 3.22. The predicted octanol–water partition coefficient (Wildman–Crippen LogP) is 14.7. The van der Waals surface area contributed by atoms with E-state index in [4.69, 9.17) is 0 Å². The fourth-order valence-electron chi connectivity index (χ4n) is 9.07. The summed E-state index contributed by atoms with van der Waals surface area (Å²) < 4.78 is 0. The molecule has 0 nitrogen and oxygen atoms in total. The van der Waals surface area contributed by atoms with E-state index in [9.17, 15) is 0 Å². The van der Waals surface area contributed by atoms with Crippen molar-refractivity contribution in [1.29, 1.82) is 0 Å². The first kappa shape index (κ1) is 29.0. The van der Waals surface area contributed by atoms with Crippen LogP contribution in [-0.2, 0) is 0 Å². The number of hydrogen-bond acceptors (Lipinski definition) is 0. The van der Waals surface area contributed by atoms with Crippen LogP contribution in [-0.4, -0.2) is 0 Å². The molecule has 11 aromatic carbocycles. The minimum atomic E-state index is 1.23. The number of hydrogen-bond donors (Lipinski definition) is 0. The molecule has 0 amide bonds. The van der Waals surface area contributed by atoms with Gasteiger partial charge in [0.2, 0.25) is 0 Å². The third-order valence-electron chi connectivity index (χ3n) is 11.2. The van der Waals surface area contributed by atoms with Gasteiger partial charge < -0.3 is 0 Å². The summed E-state index contributed by atoms with van der Waals surface area (Å²) in [6, 6.07) is 71.7. The zero-order valence-electron chi connectivity index (χ0n) is 28.5. The molecular formula is C52H32. The van der Waals surface area contributed by atoms with Crippen molar-refractivity contribution in [2.24, 2.45) is 0 Å². The van der Waals surface area contributed by atoms with Gasteiger partial charge in [0.05, 0.1) is 0 Å². The van der Waals surface area contributed by atoms with E-state index in [1.807, 2.05) is 0 Å². The van der Waals surface area contributed by atoms with Crippen molar-refractivity contribution in [3.05, 3.63) is 194 Å². The first-order valence-electron chi connectivity index (χ1n) is 18.1. The van der Waals surface area contributed by atoms with Gasteiger partial charge in [-0.15, -0.1) is 0 Å². The van der Waals surface area contributed by atoms with E-state index in [0.717, 1.165) is 0 Å². The molecule has 11 rings (SSSR count). The fourth-order valence-corrected chi connectivity index (χ4v) is 9.07. The Morgan fingerprint density at radius 2 is 0.673 bits per heavy atom. The first-order valence-corrected chi connectivity index (χ1v) is 18.1. The lowest BCUT2D eigenvalue weighted by molar-refractivity contribution is 1.60. The van der Waals surface area contributed by atoms with E-state index >= 15 is 0 Å². The highest BCUT2D eigenvalue weighted by molar-refractivity contribution is 6.44. The van der Waals surface area contributed by atoms with Crippen LogP contribution >= 0.6 is 0 Å². The molecule has 0 aliphatic rings. The van der Waals surface area contributed by atoms with Gasteiger partial charge in [0, 0.05) is 0 Å². The molecule has 0 aromatic heterocycles. The molecule has 0 saturated carbocycles. The Labute approximate surface area is 302 Å². The van der Waals surface area contributed by atoms with Crippen LogP contribution < -0.4 is 0 Å². The molecule has 0 aliphatic carbocycles. The molecule has 0 spiro atoms. The Morgan fingerprint density at radius 1 is 0.212 bits per heavy atom. The third kappa shape index (κ3) is 4.16. The van der Waals surface area contributed by atoms with Crippen LogP contribution in [0.25, 0.3) is 109 Å². The van der Waals surface area contributed by atoms with Crippen LogP contribution in [0.5, 0.6) is 0 Å². The second-order valence-electron chi connectivity index (χ2n) is 13.9. The van der Waals surface area contributed by atoms with E-state index in [1.54, 1.807) is 0 Å². The highest BCUT2D eigenvalue weighted by atomic mass is 14.3. The van der Waals surface area contributed by atoms with Gasteiger partial charge in [-0.1, -0.05) is 188 Å². The van der Waals surface area contributed by atoms with Crippen molar-refractivity contribution in [2.45, 2.75) is 0 Å². The normalized spacial score (nSPS) is 11.8. The van der Waals surface area contributed by atoms with Gasteiger partial charge in [0.15, 0.2) is 0 Å². The summed E-state index contributed by atoms with van der Waals surface area (Å²) in [4.78, 5) is 0. The summed E-state index contributed by atoms with van der Waals surface area (Å²) in [6.45, 7) is 0. The summed E-state index contributed by atoms with van der Waals surface area (Å²) >= 11 is 0. The molecule has 0 unspecified atom stereocenters. The molecule has 0 heteroatoms. The van der Waals surface area contributed by atoms with Crippen molar-refractivity contribution in [1.82, 2.24) is 0 Å². The van der Waals surface area contributed by atoms with Crippen LogP contribution in [0.3, 0.4) is 0 Å². The number of rotatable bonds is 4. The Balaban J connectivity index is 1.35. The molecule has 0 saturated heterocycles. The summed E-state index contributed by atoms with van der Waals surface area (Å²) in [5, 5.41) is 15.6. The van der Waals surface area contributed by atoms with Crippen LogP contribution in [0.2, 0.25) is 0 Å². The van der Waals surface area contributed by atoms with Crippen LogP contribution in [0.1, 0.15) is 0 Å². The lowest BCUT2D eigenvalue weighted by Crippen LogP contribution is -1.95. The zero-order valence-corrected chi connectivity index (χ0v) is 28.5. The second kappa shape index (κ2) is 11.4. The van der Waals surface area contributed by atoms with E-state index in [-0.39, 0.29) is 0 Å². The molecule has 52 heavy (non-hydrogen) atoms. The maximum absolute atomic E-state index is 2.44. The highest BCUT2D eigenvalue weighted by Gasteiger charge is 2.23. The van der Waals surface area contributed by atoms with Gasteiger partial charge in [0.1, 0.15) is 0 Å². The van der Waals surface area contributed by atoms with Gasteiger partial charge in [-0.25, -0.2) is 0 Å². The van der Waals surface area contributed by atoms with Gasteiger partial charge in [-0.05, 0) is 115 Å². The molecule has 240 valence electrons. The summed E-state index contributed by atoms with van der Waals surface area (Å²) in [5.41, 5.74) is 10.0. The monoisotopic (exact) mass is 656 g/mol. The predicted molar refractivity (Wildman–Crippen MR) is 224 cm³/mol. The van der Waals surface area contributed by atoms with Gasteiger partial charge >= 0.3 is 0 Å². The summed E-state index contributed by atoms with van der Waals surface area (Å²) in [5.74, 6) is 0. The quantitative estimate of drug-likeness (QED) is 0.131. The fraction of sp³-hybridized carbons (Fsp3) is 0. The molecule has 0 bridgehead atoms. The third-order valence-corrected chi connectivity index (χ3v) is 11.2. The number of benzene rings is 11. The average molecular weight is 657 g/mol. The molecule has 0 aliphatic heterocycles. The molecule has 0 atom stereocenters. The van der Waals surface area contributed by atoms with E-state index in [2.05, 4.69) is 194 Å². The SMILES string of the molecule is c1ccc(-c2ccccc2-c2ccc3c4c2cc2ccccc2c4c2cccc4c(-c5ccccc5-c5ccccc5)c5ccccc5c3c42)cc1. The standard InChI is InChI=1S/C52H32/c1-3-16-33(17-4-1)36-21-9-11-24-39(36)40-30-31-46-50-43-27-14-13-26-42(43)48(41-25-12-10-22-37(41)34-18-5-2-6-19-34)44-28-15-29-45(51(44)50)49-38-23-8-7-20-35(38)32-47(40)52(46)49/h1-32H. The van der Waals surface area contributed by atoms with Gasteiger partial charge in [-0.2, -0.15) is 0 Å². The highest BCUT2D eigenvalue weighted by Crippen LogP contribution is 2.52. The lowest BCUT2D eigenvalue weighted by atomic mass is 9.80. The van der Waals surface area contributed by atoms with Crippen LogP contribution in [0, 0.1) is 0 Å². The molecule has 0 heterocycles. The van der Waals surface area contributed by atoms with E-state index < -0.39 is 0 Å². The molecule has 0 fully saturated rings. The maximum Gasteiger partial charge on any atom is -0.00134 e. The van der Waals surface area contributed by atoms with Crippen molar-refractivity contribution < 1.29 is 0 Å². The largest absolute Gasteiger partial charge is 0.0622 e. The second-order valence-corrected chi connectivity index (χ2v) is 13.9. The van der Waals surface area contributed by atoms with Crippen LogP contribution in [0.15, 0.2) is 194 Å². The minimum absolute atomic E-state index is 1.23. The molecule has 0 N–H and O–H groups in total. The Hall–Kier alpha value is -6.76. The maximum atomic E-state index is 2.44. The van der Waals surface area contributed by atoms with Crippen molar-refractivity contribution in [2.75, 3.05) is 0 Å². The van der Waals surface area contributed by atoms with Gasteiger partial charge in [-0.3, -0.25) is 0 Å². The van der Waals surface area contributed by atoms with Crippen molar-refractivity contribution in [3.63, 3.8) is 0 Å². The topological polar surface area (TPSA) is 0 Å². The summed E-state index contributed by atoms with van der Waals surface area (Å²) in [6.07, 6.45) is 0. The molecular weight excluding hydrogens is 625 g/mol. The Morgan fingerprint density at radius 3 is 1.40 bits per heavy atom. The van der Waals surface area contributed by atoms with Crippen LogP contribution in [0.4, 0.5) is 0 Å². The zero-order chi connectivity index (χ0) is 34.2. The Kier molecular flexibility index (Phi) is 6.35. The number of fused-ring (bicyclic) bond motifs is 6. The smallest absolute Gasteiger partial charge is 0.00134 e. The molecule has 11 aromatic rings. The Bertz CT molecular complexity index is 3130. The van der Waals surface area contributed by atoms with Gasteiger partial charge in [0.25, 0.3) is 0 Å². The minimum Gasteiger partial charge on any atom is -0.0622 e.